The molecule has 2 rings (SSSR count). The first-order valence-corrected chi connectivity index (χ1v) is 7.63. The minimum atomic E-state index is 0.0555. The summed E-state index contributed by atoms with van der Waals surface area (Å²) in [7, 11) is 0. The summed E-state index contributed by atoms with van der Waals surface area (Å²) in [5.41, 5.74) is 0.0555. The molecule has 2 saturated heterocycles. The van der Waals surface area contributed by atoms with Gasteiger partial charge in [0, 0.05) is 38.4 Å². The number of alkyl halides is 1. The Hall–Kier alpha value is 0.170. The average molecular weight is 277 g/mol. The monoisotopic (exact) mass is 276 g/mol. The maximum Gasteiger partial charge on any atom is 0.0729 e. The quantitative estimate of drug-likeness (QED) is 0.571. The molecule has 0 bridgehead atoms. The van der Waals surface area contributed by atoms with Crippen molar-refractivity contribution in [2.75, 3.05) is 33.0 Å². The highest BCUT2D eigenvalue weighted by atomic mass is 35.5. The Morgan fingerprint density at radius 3 is 2.83 bits per heavy atom. The molecule has 3 nitrogen and oxygen atoms in total. The van der Waals surface area contributed by atoms with Gasteiger partial charge in [-0.3, -0.25) is 0 Å². The third kappa shape index (κ3) is 3.83. The maximum atomic E-state index is 6.53. The highest BCUT2D eigenvalue weighted by molar-refractivity contribution is 6.20. The molecule has 2 heterocycles. The molecule has 0 aromatic heterocycles. The lowest BCUT2D eigenvalue weighted by Crippen LogP contribution is -2.46. The van der Waals surface area contributed by atoms with E-state index in [2.05, 4.69) is 0 Å². The van der Waals surface area contributed by atoms with E-state index >= 15 is 0 Å². The fourth-order valence-electron chi connectivity index (χ4n) is 3.04. The van der Waals surface area contributed by atoms with Crippen molar-refractivity contribution in [1.82, 2.24) is 0 Å². The van der Waals surface area contributed by atoms with Gasteiger partial charge in [-0.2, -0.15) is 0 Å². The summed E-state index contributed by atoms with van der Waals surface area (Å²) >= 11 is 6.53. The van der Waals surface area contributed by atoms with Crippen molar-refractivity contribution in [3.05, 3.63) is 0 Å². The fraction of sp³-hybridized carbons (Fsp3) is 1.00. The van der Waals surface area contributed by atoms with Crippen molar-refractivity contribution in [3.63, 3.8) is 0 Å². The summed E-state index contributed by atoms with van der Waals surface area (Å²) in [6.07, 6.45) is 5.18. The van der Waals surface area contributed by atoms with E-state index in [9.17, 15) is 0 Å². The summed E-state index contributed by atoms with van der Waals surface area (Å²) in [5, 5.41) is 0.222. The summed E-state index contributed by atoms with van der Waals surface area (Å²) in [4.78, 5) is 0. The van der Waals surface area contributed by atoms with E-state index in [1.807, 2.05) is 6.92 Å². The third-order valence-electron chi connectivity index (χ3n) is 4.19. The molecule has 0 N–H and O–H groups in total. The molecule has 4 heteroatoms. The highest BCUT2D eigenvalue weighted by Gasteiger charge is 2.40. The predicted molar refractivity (Wildman–Crippen MR) is 72.2 cm³/mol. The molecule has 2 aliphatic rings. The molecule has 1 spiro atoms. The van der Waals surface area contributed by atoms with E-state index in [0.717, 1.165) is 65.1 Å². The SMILES string of the molecule is CCOCCC(Cl)C1CCOC2(CCOCC2)C1. The number of hydrogen-bond acceptors (Lipinski definition) is 3. The van der Waals surface area contributed by atoms with Crippen LogP contribution < -0.4 is 0 Å². The number of ether oxygens (including phenoxy) is 3. The van der Waals surface area contributed by atoms with Crippen LogP contribution in [0.5, 0.6) is 0 Å². The average Bonchev–Trinajstić information content (AvgIpc) is 2.40. The van der Waals surface area contributed by atoms with Crippen LogP contribution in [0.15, 0.2) is 0 Å². The van der Waals surface area contributed by atoms with Crippen LogP contribution in [0, 0.1) is 5.92 Å². The van der Waals surface area contributed by atoms with E-state index in [4.69, 9.17) is 25.8 Å². The minimum Gasteiger partial charge on any atom is -0.382 e. The Kier molecular flexibility index (Phi) is 5.74. The lowest BCUT2D eigenvalue weighted by atomic mass is 9.79. The predicted octanol–water partition coefficient (Wildman–Crippen LogP) is 3.00. The van der Waals surface area contributed by atoms with Gasteiger partial charge in [0.05, 0.1) is 5.60 Å². The van der Waals surface area contributed by atoms with Crippen molar-refractivity contribution in [3.8, 4) is 0 Å². The Bertz CT molecular complexity index is 236. The largest absolute Gasteiger partial charge is 0.382 e. The molecule has 2 unspecified atom stereocenters. The Morgan fingerprint density at radius 2 is 2.11 bits per heavy atom. The Balaban J connectivity index is 1.81. The fourth-order valence-corrected chi connectivity index (χ4v) is 3.35. The van der Waals surface area contributed by atoms with Gasteiger partial charge in [-0.25, -0.2) is 0 Å². The molecular weight excluding hydrogens is 252 g/mol. The smallest absolute Gasteiger partial charge is 0.0729 e. The van der Waals surface area contributed by atoms with Crippen molar-refractivity contribution >= 4 is 11.6 Å². The van der Waals surface area contributed by atoms with Crippen LogP contribution in [0.2, 0.25) is 0 Å². The van der Waals surface area contributed by atoms with Crippen molar-refractivity contribution in [2.24, 2.45) is 5.92 Å². The lowest BCUT2D eigenvalue weighted by Gasteiger charge is -2.44. The van der Waals surface area contributed by atoms with E-state index in [0.29, 0.717) is 5.92 Å². The summed E-state index contributed by atoms with van der Waals surface area (Å²) in [5.74, 6) is 0.568. The molecule has 2 aliphatic heterocycles. The van der Waals surface area contributed by atoms with E-state index in [1.54, 1.807) is 0 Å². The first-order valence-electron chi connectivity index (χ1n) is 7.19. The van der Waals surface area contributed by atoms with Gasteiger partial charge in [-0.1, -0.05) is 0 Å². The molecule has 0 amide bonds. The summed E-state index contributed by atoms with van der Waals surface area (Å²) in [6.45, 7) is 6.09. The number of rotatable bonds is 5. The molecule has 0 aromatic rings. The highest BCUT2D eigenvalue weighted by Crippen LogP contribution is 2.39. The summed E-state index contributed by atoms with van der Waals surface area (Å²) in [6, 6.07) is 0. The molecule has 2 fully saturated rings. The van der Waals surface area contributed by atoms with Gasteiger partial charge in [0.2, 0.25) is 0 Å². The van der Waals surface area contributed by atoms with Crippen LogP contribution >= 0.6 is 11.6 Å². The van der Waals surface area contributed by atoms with Gasteiger partial charge in [0.15, 0.2) is 0 Å². The van der Waals surface area contributed by atoms with E-state index in [-0.39, 0.29) is 11.0 Å². The second-order valence-electron chi connectivity index (χ2n) is 5.40. The third-order valence-corrected chi connectivity index (χ3v) is 4.76. The van der Waals surface area contributed by atoms with Gasteiger partial charge in [0.1, 0.15) is 0 Å². The molecular formula is C14H25ClO3. The normalized spacial score (nSPS) is 29.3. The standard InChI is InChI=1S/C14H25ClO3/c1-2-16-7-4-13(15)12-3-8-18-14(11-12)5-9-17-10-6-14/h12-13H,2-11H2,1H3. The van der Waals surface area contributed by atoms with Gasteiger partial charge in [0.25, 0.3) is 0 Å². The van der Waals surface area contributed by atoms with Crippen molar-refractivity contribution in [1.29, 1.82) is 0 Å². The van der Waals surface area contributed by atoms with Crippen LogP contribution in [0.25, 0.3) is 0 Å². The van der Waals surface area contributed by atoms with Gasteiger partial charge >= 0.3 is 0 Å². The maximum absolute atomic E-state index is 6.53. The summed E-state index contributed by atoms with van der Waals surface area (Å²) < 4.78 is 16.9. The second-order valence-corrected chi connectivity index (χ2v) is 5.96. The van der Waals surface area contributed by atoms with Crippen LogP contribution in [-0.2, 0) is 14.2 Å². The Labute approximate surface area is 115 Å². The topological polar surface area (TPSA) is 27.7 Å². The zero-order valence-corrected chi connectivity index (χ0v) is 12.1. The van der Waals surface area contributed by atoms with E-state index in [1.165, 1.54) is 0 Å². The van der Waals surface area contributed by atoms with Gasteiger partial charge < -0.3 is 14.2 Å². The van der Waals surface area contributed by atoms with Gasteiger partial charge in [-0.15, -0.1) is 11.6 Å². The van der Waals surface area contributed by atoms with E-state index < -0.39 is 0 Å². The molecule has 0 aliphatic carbocycles. The van der Waals surface area contributed by atoms with Crippen LogP contribution in [0.1, 0.15) is 39.0 Å². The molecule has 0 radical (unpaired) electrons. The van der Waals surface area contributed by atoms with Crippen molar-refractivity contribution in [2.45, 2.75) is 50.0 Å². The lowest BCUT2D eigenvalue weighted by molar-refractivity contribution is -0.147. The number of hydrogen-bond donors (Lipinski definition) is 0. The molecule has 0 saturated carbocycles. The Morgan fingerprint density at radius 1 is 1.33 bits per heavy atom. The van der Waals surface area contributed by atoms with Gasteiger partial charge in [-0.05, 0) is 44.9 Å². The molecule has 2 atom stereocenters. The van der Waals surface area contributed by atoms with Crippen LogP contribution in [0.4, 0.5) is 0 Å². The first kappa shape index (κ1) is 14.6. The van der Waals surface area contributed by atoms with Crippen molar-refractivity contribution < 1.29 is 14.2 Å². The molecule has 0 aromatic carbocycles. The van der Waals surface area contributed by atoms with Crippen LogP contribution in [-0.4, -0.2) is 44.0 Å². The number of halogens is 1. The second kappa shape index (κ2) is 7.09. The molecule has 18 heavy (non-hydrogen) atoms. The first-order chi connectivity index (χ1) is 8.76. The zero-order valence-electron chi connectivity index (χ0n) is 11.3. The molecule has 106 valence electrons. The minimum absolute atomic E-state index is 0.0555. The van der Waals surface area contributed by atoms with Crippen LogP contribution in [0.3, 0.4) is 0 Å². The zero-order chi connectivity index (χ0) is 12.8.